The Labute approximate surface area is 165 Å². The fourth-order valence-electron chi connectivity index (χ4n) is 3.15. The summed E-state index contributed by atoms with van der Waals surface area (Å²) in [5.74, 6) is -1.17. The third-order valence-electron chi connectivity index (χ3n) is 4.60. The third-order valence-corrected chi connectivity index (χ3v) is 5.35. The Hall–Kier alpha value is -3.39. The number of imide groups is 1. The van der Waals surface area contributed by atoms with Gasteiger partial charge < -0.3 is 0 Å². The Kier molecular flexibility index (Phi) is 4.48. The van der Waals surface area contributed by atoms with Gasteiger partial charge in [0.2, 0.25) is 5.13 Å². The lowest BCUT2D eigenvalue weighted by Gasteiger charge is -2.22. The number of aryl methyl sites for hydroxylation is 1. The summed E-state index contributed by atoms with van der Waals surface area (Å²) in [7, 11) is 0. The van der Waals surface area contributed by atoms with E-state index in [0.29, 0.717) is 10.7 Å². The highest BCUT2D eigenvalue weighted by molar-refractivity contribution is 7.15. The number of anilines is 1. The van der Waals surface area contributed by atoms with Gasteiger partial charge in [0.05, 0.1) is 17.2 Å². The average molecular weight is 392 g/mol. The van der Waals surface area contributed by atoms with Crippen molar-refractivity contribution in [1.29, 1.82) is 0 Å². The van der Waals surface area contributed by atoms with E-state index in [1.165, 1.54) is 34.4 Å². The first-order valence-electron chi connectivity index (χ1n) is 8.64. The Balaban J connectivity index is 1.61. The lowest BCUT2D eigenvalue weighted by Crippen LogP contribution is -2.32. The van der Waals surface area contributed by atoms with Crippen LogP contribution < -0.4 is 5.32 Å². The lowest BCUT2D eigenvalue weighted by atomic mass is 10.1. The number of carbonyl (C=O) groups excluding carboxylic acids is 3. The molecule has 0 aliphatic carbocycles. The fraction of sp³-hybridized carbons (Fsp3) is 0.150. The molecule has 1 N–H and O–H groups in total. The van der Waals surface area contributed by atoms with Gasteiger partial charge in [0.1, 0.15) is 5.01 Å². The standard InChI is InChI=1S/C20H16N4O3S/c1-11(13-6-4-3-5-7-13)24-18(26)15-9-8-14(10-16(15)19(24)27)17(25)21-20-23-22-12(2)28-20/h3-11H,1-2H3,(H,21,23,25). The molecule has 8 heteroatoms. The number of rotatable bonds is 4. The van der Waals surface area contributed by atoms with Crippen LogP contribution in [0.5, 0.6) is 0 Å². The first kappa shape index (κ1) is 18.0. The van der Waals surface area contributed by atoms with Crippen LogP contribution in [0, 0.1) is 6.92 Å². The summed E-state index contributed by atoms with van der Waals surface area (Å²) >= 11 is 1.26. The van der Waals surface area contributed by atoms with Crippen LogP contribution in [-0.2, 0) is 0 Å². The van der Waals surface area contributed by atoms with Crippen LogP contribution in [0.4, 0.5) is 5.13 Å². The van der Waals surface area contributed by atoms with E-state index in [9.17, 15) is 14.4 Å². The van der Waals surface area contributed by atoms with Crippen LogP contribution in [0.15, 0.2) is 48.5 Å². The van der Waals surface area contributed by atoms with E-state index in [1.807, 2.05) is 37.3 Å². The number of benzene rings is 2. The molecule has 140 valence electrons. The van der Waals surface area contributed by atoms with Crippen LogP contribution in [-0.4, -0.2) is 32.8 Å². The SMILES string of the molecule is Cc1nnc(NC(=O)c2ccc3c(c2)C(=O)N(C(C)c2ccccc2)C3=O)s1. The molecule has 3 aromatic rings. The number of amides is 3. The molecular formula is C20H16N4O3S. The number of aromatic nitrogens is 2. The molecule has 2 heterocycles. The second kappa shape index (κ2) is 6.97. The van der Waals surface area contributed by atoms with Crippen molar-refractivity contribution in [1.82, 2.24) is 15.1 Å². The summed E-state index contributed by atoms with van der Waals surface area (Å²) in [4.78, 5) is 39.4. The summed E-state index contributed by atoms with van der Waals surface area (Å²) in [6.45, 7) is 3.60. The second-order valence-corrected chi connectivity index (χ2v) is 7.59. The monoisotopic (exact) mass is 392 g/mol. The Morgan fingerprint density at radius 3 is 2.43 bits per heavy atom. The zero-order chi connectivity index (χ0) is 19.8. The highest BCUT2D eigenvalue weighted by Crippen LogP contribution is 2.31. The van der Waals surface area contributed by atoms with Gasteiger partial charge in [-0.3, -0.25) is 24.6 Å². The van der Waals surface area contributed by atoms with Crippen molar-refractivity contribution >= 4 is 34.2 Å². The molecule has 0 fully saturated rings. The van der Waals surface area contributed by atoms with Crippen molar-refractivity contribution in [2.75, 3.05) is 5.32 Å². The van der Waals surface area contributed by atoms with E-state index in [2.05, 4.69) is 15.5 Å². The molecular weight excluding hydrogens is 376 g/mol. The number of carbonyl (C=O) groups is 3. The van der Waals surface area contributed by atoms with E-state index in [4.69, 9.17) is 0 Å². The lowest BCUT2D eigenvalue weighted by molar-refractivity contribution is 0.0595. The minimum absolute atomic E-state index is 0.230. The molecule has 1 atom stereocenters. The van der Waals surface area contributed by atoms with E-state index in [1.54, 1.807) is 6.92 Å². The molecule has 0 radical (unpaired) electrons. The van der Waals surface area contributed by atoms with Gasteiger partial charge in [0.15, 0.2) is 0 Å². The Bertz CT molecular complexity index is 1090. The smallest absolute Gasteiger partial charge is 0.262 e. The predicted octanol–water partition coefficient (Wildman–Crippen LogP) is 3.46. The van der Waals surface area contributed by atoms with E-state index >= 15 is 0 Å². The van der Waals surface area contributed by atoms with E-state index in [0.717, 1.165) is 10.6 Å². The first-order chi connectivity index (χ1) is 13.5. The van der Waals surface area contributed by atoms with Gasteiger partial charge in [-0.2, -0.15) is 0 Å². The van der Waals surface area contributed by atoms with Crippen LogP contribution in [0.1, 0.15) is 54.6 Å². The number of hydrogen-bond acceptors (Lipinski definition) is 6. The van der Waals surface area contributed by atoms with Crippen LogP contribution in [0.2, 0.25) is 0 Å². The third kappa shape index (κ3) is 3.07. The largest absolute Gasteiger partial charge is 0.296 e. The molecule has 2 aromatic carbocycles. The van der Waals surface area contributed by atoms with Crippen LogP contribution >= 0.6 is 11.3 Å². The maximum Gasteiger partial charge on any atom is 0.262 e. The molecule has 28 heavy (non-hydrogen) atoms. The molecule has 1 aliphatic rings. The van der Waals surface area contributed by atoms with Crippen molar-refractivity contribution in [3.05, 3.63) is 75.8 Å². The van der Waals surface area contributed by atoms with E-state index < -0.39 is 17.9 Å². The molecule has 3 amide bonds. The summed E-state index contributed by atoms with van der Waals surface area (Å²) in [5, 5.41) is 11.5. The van der Waals surface area contributed by atoms with Gasteiger partial charge in [-0.25, -0.2) is 0 Å². The summed E-state index contributed by atoms with van der Waals surface area (Å²) in [5.41, 5.74) is 1.67. The quantitative estimate of drug-likeness (QED) is 0.687. The normalized spacial score (nSPS) is 14.1. The Morgan fingerprint density at radius 1 is 1.04 bits per heavy atom. The fourth-order valence-corrected chi connectivity index (χ4v) is 3.74. The molecule has 0 spiro atoms. The van der Waals surface area contributed by atoms with Crippen molar-refractivity contribution in [3.63, 3.8) is 0 Å². The molecule has 7 nitrogen and oxygen atoms in total. The summed E-state index contributed by atoms with van der Waals surface area (Å²) in [6.07, 6.45) is 0. The van der Waals surface area contributed by atoms with Crippen LogP contribution in [0.3, 0.4) is 0 Å². The molecule has 4 rings (SSSR count). The maximum absolute atomic E-state index is 12.9. The molecule has 0 bridgehead atoms. The van der Waals surface area contributed by atoms with E-state index in [-0.39, 0.29) is 17.0 Å². The number of nitrogens with one attached hydrogen (secondary N) is 1. The van der Waals surface area contributed by atoms with Gasteiger partial charge >= 0.3 is 0 Å². The second-order valence-electron chi connectivity index (χ2n) is 6.41. The highest BCUT2D eigenvalue weighted by Gasteiger charge is 2.39. The summed E-state index contributed by atoms with van der Waals surface area (Å²) in [6, 6.07) is 13.4. The minimum Gasteiger partial charge on any atom is -0.296 e. The van der Waals surface area contributed by atoms with Gasteiger partial charge in [-0.05, 0) is 37.6 Å². The zero-order valence-corrected chi connectivity index (χ0v) is 16.0. The minimum atomic E-state index is -0.409. The Morgan fingerprint density at radius 2 is 1.75 bits per heavy atom. The van der Waals surface area contributed by atoms with Crippen molar-refractivity contribution in [3.8, 4) is 0 Å². The topological polar surface area (TPSA) is 92.3 Å². The number of fused-ring (bicyclic) bond motifs is 1. The highest BCUT2D eigenvalue weighted by atomic mass is 32.1. The molecule has 1 aliphatic heterocycles. The maximum atomic E-state index is 12.9. The van der Waals surface area contributed by atoms with Gasteiger partial charge in [-0.1, -0.05) is 41.7 Å². The van der Waals surface area contributed by atoms with Crippen molar-refractivity contribution in [2.45, 2.75) is 19.9 Å². The van der Waals surface area contributed by atoms with Crippen LogP contribution in [0.25, 0.3) is 0 Å². The van der Waals surface area contributed by atoms with Crippen molar-refractivity contribution in [2.24, 2.45) is 0 Å². The molecule has 1 aromatic heterocycles. The molecule has 0 saturated carbocycles. The average Bonchev–Trinajstić information content (AvgIpc) is 3.22. The summed E-state index contributed by atoms with van der Waals surface area (Å²) < 4.78 is 0. The molecule has 0 saturated heterocycles. The van der Waals surface area contributed by atoms with Crippen molar-refractivity contribution < 1.29 is 14.4 Å². The van der Waals surface area contributed by atoms with Gasteiger partial charge in [0.25, 0.3) is 17.7 Å². The van der Waals surface area contributed by atoms with Gasteiger partial charge in [-0.15, -0.1) is 10.2 Å². The predicted molar refractivity (Wildman–Crippen MR) is 104 cm³/mol. The number of hydrogen-bond donors (Lipinski definition) is 1. The number of nitrogens with zero attached hydrogens (tertiary/aromatic N) is 3. The first-order valence-corrected chi connectivity index (χ1v) is 9.45. The van der Waals surface area contributed by atoms with Gasteiger partial charge in [0, 0.05) is 5.56 Å². The zero-order valence-electron chi connectivity index (χ0n) is 15.2. The molecule has 1 unspecified atom stereocenters.